The fourth-order valence-corrected chi connectivity index (χ4v) is 3.55. The van der Waals surface area contributed by atoms with Crippen LogP contribution in [0.15, 0.2) is 27.6 Å². The van der Waals surface area contributed by atoms with E-state index in [1.54, 1.807) is 12.1 Å². The minimum absolute atomic E-state index is 0.134. The molecule has 0 amide bonds. The Hall–Kier alpha value is -0.590. The van der Waals surface area contributed by atoms with E-state index in [0.717, 1.165) is 12.8 Å². The standard InChI is InChI=1S/C10H13BrN2O2S/c1-10(4-5-10)13-16(14,15)9-6-7(11)2-3-8(9)12/h2-3,6,13H,4-5,12H2,1H3. The van der Waals surface area contributed by atoms with Gasteiger partial charge >= 0.3 is 0 Å². The van der Waals surface area contributed by atoms with Crippen molar-refractivity contribution in [2.45, 2.75) is 30.2 Å². The lowest BCUT2D eigenvalue weighted by atomic mass is 10.3. The zero-order valence-corrected chi connectivity index (χ0v) is 11.2. The Balaban J connectivity index is 2.38. The first kappa shape index (κ1) is 11.9. The molecule has 1 aliphatic carbocycles. The second-order valence-corrected chi connectivity index (χ2v) is 6.91. The van der Waals surface area contributed by atoms with Crippen molar-refractivity contribution in [1.29, 1.82) is 0 Å². The molecule has 0 heterocycles. The summed E-state index contributed by atoms with van der Waals surface area (Å²) in [5, 5.41) is 0. The van der Waals surface area contributed by atoms with Gasteiger partial charge in [-0.2, -0.15) is 0 Å². The highest BCUT2D eigenvalue weighted by atomic mass is 79.9. The molecule has 1 aromatic carbocycles. The Morgan fingerprint density at radius 2 is 2.06 bits per heavy atom. The molecule has 0 radical (unpaired) electrons. The van der Waals surface area contributed by atoms with Crippen molar-refractivity contribution in [3.05, 3.63) is 22.7 Å². The Bertz CT molecular complexity index is 524. The van der Waals surface area contributed by atoms with Crippen LogP contribution in [0.25, 0.3) is 0 Å². The Morgan fingerprint density at radius 1 is 1.44 bits per heavy atom. The van der Waals surface area contributed by atoms with Gasteiger partial charge in [0.15, 0.2) is 0 Å². The van der Waals surface area contributed by atoms with Crippen LogP contribution >= 0.6 is 15.9 Å². The topological polar surface area (TPSA) is 72.2 Å². The zero-order valence-electron chi connectivity index (χ0n) is 8.83. The normalized spacial score (nSPS) is 18.4. The van der Waals surface area contributed by atoms with Crippen LogP contribution < -0.4 is 10.5 Å². The van der Waals surface area contributed by atoms with Crippen LogP contribution in [0.5, 0.6) is 0 Å². The van der Waals surface area contributed by atoms with Gasteiger partial charge in [0.25, 0.3) is 0 Å². The fraction of sp³-hybridized carbons (Fsp3) is 0.400. The van der Waals surface area contributed by atoms with E-state index in [1.165, 1.54) is 6.07 Å². The third-order valence-electron chi connectivity index (χ3n) is 2.65. The van der Waals surface area contributed by atoms with E-state index in [0.29, 0.717) is 4.47 Å². The van der Waals surface area contributed by atoms with Crippen molar-refractivity contribution in [1.82, 2.24) is 4.72 Å². The molecule has 0 bridgehead atoms. The molecule has 88 valence electrons. The average Bonchev–Trinajstić information content (AvgIpc) is 2.86. The predicted octanol–water partition coefficient (Wildman–Crippen LogP) is 1.86. The van der Waals surface area contributed by atoms with Crippen molar-refractivity contribution in [2.75, 3.05) is 5.73 Å². The first-order valence-corrected chi connectivity index (χ1v) is 7.19. The van der Waals surface area contributed by atoms with Crippen molar-refractivity contribution >= 4 is 31.6 Å². The number of anilines is 1. The maximum atomic E-state index is 12.0. The second-order valence-electron chi connectivity index (χ2n) is 4.35. The molecule has 4 nitrogen and oxygen atoms in total. The molecule has 1 aliphatic rings. The zero-order chi connectivity index (χ0) is 12.0. The van der Waals surface area contributed by atoms with Crippen LogP contribution in [-0.2, 0) is 10.0 Å². The molecule has 0 unspecified atom stereocenters. The monoisotopic (exact) mass is 304 g/mol. The Kier molecular flexibility index (Phi) is 2.76. The summed E-state index contributed by atoms with van der Waals surface area (Å²) in [6.07, 6.45) is 1.75. The van der Waals surface area contributed by atoms with Gasteiger partial charge in [-0.05, 0) is 38.0 Å². The second kappa shape index (κ2) is 3.72. The minimum Gasteiger partial charge on any atom is -0.398 e. The van der Waals surface area contributed by atoms with Crippen LogP contribution in [0.1, 0.15) is 19.8 Å². The van der Waals surface area contributed by atoms with Crippen LogP contribution in [0, 0.1) is 0 Å². The third-order valence-corrected chi connectivity index (χ3v) is 4.83. The number of sulfonamides is 1. The van der Waals surface area contributed by atoms with E-state index < -0.39 is 10.0 Å². The molecule has 0 saturated heterocycles. The van der Waals surface area contributed by atoms with Crippen LogP contribution in [0.3, 0.4) is 0 Å². The van der Waals surface area contributed by atoms with E-state index in [4.69, 9.17) is 5.73 Å². The number of hydrogen-bond donors (Lipinski definition) is 2. The van der Waals surface area contributed by atoms with Crippen molar-refractivity contribution < 1.29 is 8.42 Å². The summed E-state index contributed by atoms with van der Waals surface area (Å²) in [6, 6.07) is 4.81. The van der Waals surface area contributed by atoms with E-state index in [1.807, 2.05) is 6.92 Å². The highest BCUT2D eigenvalue weighted by Gasteiger charge is 2.41. The number of nitrogen functional groups attached to an aromatic ring is 1. The highest BCUT2D eigenvalue weighted by molar-refractivity contribution is 9.10. The van der Waals surface area contributed by atoms with E-state index in [9.17, 15) is 8.42 Å². The Morgan fingerprint density at radius 3 is 2.62 bits per heavy atom. The molecule has 0 aromatic heterocycles. The smallest absolute Gasteiger partial charge is 0.243 e. The molecule has 6 heteroatoms. The van der Waals surface area contributed by atoms with E-state index >= 15 is 0 Å². The lowest BCUT2D eigenvalue weighted by Gasteiger charge is -2.13. The van der Waals surface area contributed by atoms with Gasteiger partial charge < -0.3 is 5.73 Å². The summed E-state index contributed by atoms with van der Waals surface area (Å²) >= 11 is 3.24. The van der Waals surface area contributed by atoms with E-state index in [2.05, 4.69) is 20.7 Å². The maximum absolute atomic E-state index is 12.0. The molecule has 1 fully saturated rings. The van der Waals surface area contributed by atoms with Crippen LogP contribution in [-0.4, -0.2) is 14.0 Å². The van der Waals surface area contributed by atoms with Gasteiger partial charge in [-0.25, -0.2) is 13.1 Å². The van der Waals surface area contributed by atoms with Gasteiger partial charge in [-0.3, -0.25) is 0 Å². The molecule has 1 aromatic rings. The van der Waals surface area contributed by atoms with Gasteiger partial charge in [-0.1, -0.05) is 15.9 Å². The van der Waals surface area contributed by atoms with Crippen LogP contribution in [0.2, 0.25) is 0 Å². The summed E-state index contributed by atoms with van der Waals surface area (Å²) < 4.78 is 27.5. The van der Waals surface area contributed by atoms with Gasteiger partial charge in [0.2, 0.25) is 10.0 Å². The number of benzene rings is 1. The number of nitrogens with one attached hydrogen (secondary N) is 1. The summed E-state index contributed by atoms with van der Waals surface area (Å²) in [7, 11) is -3.51. The predicted molar refractivity (Wildman–Crippen MR) is 66.5 cm³/mol. The molecule has 0 spiro atoms. The maximum Gasteiger partial charge on any atom is 0.243 e. The molecule has 0 aliphatic heterocycles. The first-order valence-electron chi connectivity index (χ1n) is 4.91. The summed E-state index contributed by atoms with van der Waals surface area (Å²) in [4.78, 5) is 0.134. The Labute approximate surface area is 103 Å². The number of rotatable bonds is 3. The molecule has 0 atom stereocenters. The van der Waals surface area contributed by atoms with Crippen molar-refractivity contribution in [3.8, 4) is 0 Å². The number of hydrogen-bond acceptors (Lipinski definition) is 3. The average molecular weight is 305 g/mol. The van der Waals surface area contributed by atoms with E-state index in [-0.39, 0.29) is 16.1 Å². The molecule has 1 saturated carbocycles. The quantitative estimate of drug-likeness (QED) is 0.837. The summed E-state index contributed by atoms with van der Waals surface area (Å²) in [5.41, 5.74) is 5.65. The van der Waals surface area contributed by atoms with Gasteiger partial charge in [0.1, 0.15) is 4.90 Å². The van der Waals surface area contributed by atoms with Gasteiger partial charge in [0, 0.05) is 10.0 Å². The van der Waals surface area contributed by atoms with Crippen LogP contribution in [0.4, 0.5) is 5.69 Å². The van der Waals surface area contributed by atoms with Crippen molar-refractivity contribution in [2.24, 2.45) is 0 Å². The molecule has 2 rings (SSSR count). The highest BCUT2D eigenvalue weighted by Crippen LogP contribution is 2.36. The first-order chi connectivity index (χ1) is 7.32. The fourth-order valence-electron chi connectivity index (χ4n) is 1.41. The van der Waals surface area contributed by atoms with Gasteiger partial charge in [-0.15, -0.1) is 0 Å². The SMILES string of the molecule is CC1(NS(=O)(=O)c2cc(Br)ccc2N)CC1. The lowest BCUT2D eigenvalue weighted by Crippen LogP contribution is -2.34. The molecular formula is C10H13BrN2O2S. The number of nitrogens with two attached hydrogens (primary N) is 1. The molecular weight excluding hydrogens is 292 g/mol. The largest absolute Gasteiger partial charge is 0.398 e. The minimum atomic E-state index is -3.51. The van der Waals surface area contributed by atoms with Gasteiger partial charge in [0.05, 0.1) is 5.69 Å². The third kappa shape index (κ3) is 2.39. The molecule has 16 heavy (non-hydrogen) atoms. The number of halogens is 1. The summed E-state index contributed by atoms with van der Waals surface area (Å²) in [5.74, 6) is 0. The molecule has 3 N–H and O–H groups in total. The lowest BCUT2D eigenvalue weighted by molar-refractivity contribution is 0.558. The summed E-state index contributed by atoms with van der Waals surface area (Å²) in [6.45, 7) is 1.89. The van der Waals surface area contributed by atoms with Crippen molar-refractivity contribution in [3.63, 3.8) is 0 Å².